The number of amides is 2. The fraction of sp³-hybridized carbons (Fsp3) is 0.309. The highest BCUT2D eigenvalue weighted by Gasteiger charge is 2.17. The van der Waals surface area contributed by atoms with Gasteiger partial charge in [0, 0.05) is 43.3 Å². The standard InChI is InChI=1S/C28H34ClN3O5S.C27H31Cl2N3O5S/c1-18-7-8-22(13-24(18)29)16-31-28(35)14-21-6-4-5-20(12-21)11-19(2)30-17-27(34)23-9-10-26(33)25(15-23)32-38(3,36)37;1-17(30-16-25(34)20-9-10-24(33)23(14-20)32-38(2,36)37)11-18-5-3-6-19(12-18)13-26(35)31-15-21-7-4-8-22(28)27(21)29/h4-10,12-13,15,19,27,30,32-34H,11,14,16-17H2,1-3H3,(H,31,35);3-10,12,14,17,25,30,32-34H,11,13,15-16H2,1-2H3,(H,31,35)/t19-,27+;17-,25+/m11/s1. The second-order valence-corrected chi connectivity index (χ2v) is 23.4. The number of hydrogen-bond acceptors (Lipinski definition) is 12. The molecule has 21 heteroatoms. The Balaban J connectivity index is 0.000000281. The molecule has 0 heterocycles. The van der Waals surface area contributed by atoms with Crippen LogP contribution in [0.25, 0.3) is 0 Å². The molecule has 6 aromatic rings. The number of aliphatic hydroxyl groups excluding tert-OH is 2. The lowest BCUT2D eigenvalue weighted by atomic mass is 10.0. The zero-order valence-electron chi connectivity index (χ0n) is 42.7. The molecule has 0 radical (unpaired) electrons. The molecule has 6 aromatic carbocycles. The van der Waals surface area contributed by atoms with E-state index >= 15 is 0 Å². The van der Waals surface area contributed by atoms with Crippen LogP contribution in [0.4, 0.5) is 11.4 Å². The molecule has 0 saturated carbocycles. The van der Waals surface area contributed by atoms with E-state index in [1.165, 1.54) is 30.3 Å². The van der Waals surface area contributed by atoms with E-state index in [0.29, 0.717) is 45.6 Å². The third kappa shape index (κ3) is 20.9. The van der Waals surface area contributed by atoms with Crippen LogP contribution in [0.2, 0.25) is 15.1 Å². The first-order valence-corrected chi connectivity index (χ1v) is 29.0. The van der Waals surface area contributed by atoms with Crippen molar-refractivity contribution in [2.45, 2.75) is 83.8 Å². The lowest BCUT2D eigenvalue weighted by Crippen LogP contribution is -2.32. The first-order valence-electron chi connectivity index (χ1n) is 24.1. The number of nitrogens with one attached hydrogen (secondary N) is 6. The van der Waals surface area contributed by atoms with Crippen molar-refractivity contribution < 1.29 is 46.9 Å². The SMILES string of the molecule is C[C@H](Cc1cccc(CC(=O)NCc2cccc(Cl)c2Cl)c1)NC[C@H](O)c1ccc(O)c(NS(C)(=O)=O)c1.Cc1ccc(CNC(=O)Cc2cccc(C[C@@H](C)NC[C@H](O)c3ccc(O)c(NS(C)(=O)=O)c3)c2)cc1Cl. The van der Waals surface area contributed by atoms with E-state index in [2.05, 4.69) is 30.7 Å². The van der Waals surface area contributed by atoms with Gasteiger partial charge in [-0.1, -0.05) is 120 Å². The summed E-state index contributed by atoms with van der Waals surface area (Å²) in [6, 6.07) is 35.2. The molecule has 16 nitrogen and oxygen atoms in total. The van der Waals surface area contributed by atoms with Gasteiger partial charge in [0.25, 0.3) is 0 Å². The van der Waals surface area contributed by atoms with Crippen LogP contribution in [-0.4, -0.2) is 86.8 Å². The van der Waals surface area contributed by atoms with Crippen LogP contribution in [0.3, 0.4) is 0 Å². The Morgan fingerprint density at radius 1 is 0.539 bits per heavy atom. The van der Waals surface area contributed by atoms with Crippen LogP contribution in [0.15, 0.2) is 121 Å². The van der Waals surface area contributed by atoms with Gasteiger partial charge in [-0.2, -0.15) is 0 Å². The van der Waals surface area contributed by atoms with Crippen molar-refractivity contribution in [1.29, 1.82) is 0 Å². The quantitative estimate of drug-likeness (QED) is 0.0259. The lowest BCUT2D eigenvalue weighted by Gasteiger charge is -2.19. The summed E-state index contributed by atoms with van der Waals surface area (Å²) in [7, 11) is -7.15. The molecule has 4 atom stereocenters. The molecule has 10 N–H and O–H groups in total. The highest BCUT2D eigenvalue weighted by molar-refractivity contribution is 7.92. The number of rotatable bonds is 24. The summed E-state index contributed by atoms with van der Waals surface area (Å²) in [6.07, 6.45) is 1.98. The number of benzene rings is 6. The number of halogens is 3. The molecule has 0 aliphatic rings. The van der Waals surface area contributed by atoms with Gasteiger partial charge >= 0.3 is 0 Å². The molecule has 408 valence electrons. The number of phenolic OH excluding ortho intramolecular Hbond substituents is 2. The van der Waals surface area contributed by atoms with Gasteiger partial charge in [-0.15, -0.1) is 0 Å². The van der Waals surface area contributed by atoms with Gasteiger partial charge in [-0.3, -0.25) is 19.0 Å². The van der Waals surface area contributed by atoms with E-state index < -0.39 is 32.3 Å². The molecular formula is C55H65Cl3N6O10S2. The van der Waals surface area contributed by atoms with Gasteiger partial charge in [-0.05, 0) is 120 Å². The maximum atomic E-state index is 12.5. The molecule has 0 aliphatic heterocycles. The Morgan fingerprint density at radius 2 is 0.987 bits per heavy atom. The molecular weight excluding hydrogens is 1080 g/mol. The Labute approximate surface area is 460 Å². The molecule has 0 spiro atoms. The Bertz CT molecular complexity index is 3190. The van der Waals surface area contributed by atoms with Crippen LogP contribution in [0.5, 0.6) is 11.5 Å². The topological polar surface area (TPSA) is 256 Å². The third-order valence-corrected chi connectivity index (χ3v) is 14.2. The van der Waals surface area contributed by atoms with Crippen molar-refractivity contribution in [1.82, 2.24) is 21.3 Å². The number of aryl methyl sites for hydroxylation is 1. The van der Waals surface area contributed by atoms with Gasteiger partial charge < -0.3 is 41.7 Å². The van der Waals surface area contributed by atoms with Crippen molar-refractivity contribution >= 4 is 78.0 Å². The molecule has 0 bridgehead atoms. The number of sulfonamides is 2. The number of aliphatic hydroxyl groups is 2. The van der Waals surface area contributed by atoms with E-state index in [9.17, 15) is 46.9 Å². The number of hydrogen-bond donors (Lipinski definition) is 10. The summed E-state index contributed by atoms with van der Waals surface area (Å²) in [6.45, 7) is 7.06. The fourth-order valence-corrected chi connectivity index (χ4v) is 9.57. The van der Waals surface area contributed by atoms with E-state index in [-0.39, 0.29) is 79.2 Å². The van der Waals surface area contributed by atoms with Gasteiger partial charge in [0.2, 0.25) is 31.9 Å². The largest absolute Gasteiger partial charge is 0.506 e. The summed E-state index contributed by atoms with van der Waals surface area (Å²) in [4.78, 5) is 24.9. The number of phenols is 2. The first kappa shape index (κ1) is 60.9. The Hall–Kier alpha value is -5.93. The van der Waals surface area contributed by atoms with Crippen LogP contribution in [0, 0.1) is 6.92 Å². The molecule has 2 amide bonds. The third-order valence-electron chi connectivity index (χ3n) is 11.8. The van der Waals surface area contributed by atoms with Crippen LogP contribution < -0.4 is 30.7 Å². The number of aromatic hydroxyl groups is 2. The maximum absolute atomic E-state index is 12.5. The number of anilines is 2. The highest BCUT2D eigenvalue weighted by Crippen LogP contribution is 2.30. The minimum absolute atomic E-state index is 0.00410. The van der Waals surface area contributed by atoms with Crippen molar-refractivity contribution in [3.05, 3.63) is 186 Å². The molecule has 0 aromatic heterocycles. The monoisotopic (exact) mass is 1140 g/mol. The Morgan fingerprint density at radius 3 is 1.45 bits per heavy atom. The van der Waals surface area contributed by atoms with Crippen molar-refractivity contribution in [3.8, 4) is 11.5 Å². The summed E-state index contributed by atoms with van der Waals surface area (Å²) in [5, 5.41) is 54.8. The van der Waals surface area contributed by atoms with Crippen LogP contribution in [0.1, 0.15) is 76.1 Å². The molecule has 76 heavy (non-hydrogen) atoms. The molecule has 0 unspecified atom stereocenters. The zero-order chi connectivity index (χ0) is 55.7. The van der Waals surface area contributed by atoms with E-state index in [4.69, 9.17) is 34.8 Å². The number of carbonyl (C=O) groups excluding carboxylic acids is 2. The normalized spacial score (nSPS) is 13.1. The average Bonchev–Trinajstić information content (AvgIpc) is 3.34. The van der Waals surface area contributed by atoms with Gasteiger partial charge in [0.1, 0.15) is 11.5 Å². The average molecular weight is 1140 g/mol. The van der Waals surface area contributed by atoms with E-state index in [0.717, 1.165) is 51.5 Å². The summed E-state index contributed by atoms with van der Waals surface area (Å²) >= 11 is 18.4. The van der Waals surface area contributed by atoms with E-state index in [1.807, 2.05) is 93.6 Å². The second-order valence-electron chi connectivity index (χ2n) is 18.7. The highest BCUT2D eigenvalue weighted by atomic mass is 35.5. The Kier molecular flexibility index (Phi) is 22.8. The molecule has 0 aliphatic carbocycles. The summed E-state index contributed by atoms with van der Waals surface area (Å²) in [5.41, 5.74) is 7.51. The summed E-state index contributed by atoms with van der Waals surface area (Å²) in [5.74, 6) is -0.659. The predicted octanol–water partition coefficient (Wildman–Crippen LogP) is 8.02. The van der Waals surface area contributed by atoms with Crippen LogP contribution in [-0.2, 0) is 68.4 Å². The number of carbonyl (C=O) groups is 2. The minimum Gasteiger partial charge on any atom is -0.506 e. The lowest BCUT2D eigenvalue weighted by molar-refractivity contribution is -0.121. The molecule has 0 saturated heterocycles. The maximum Gasteiger partial charge on any atom is 0.229 e. The smallest absolute Gasteiger partial charge is 0.229 e. The van der Waals surface area contributed by atoms with Crippen molar-refractivity contribution in [3.63, 3.8) is 0 Å². The first-order chi connectivity index (χ1) is 35.8. The van der Waals surface area contributed by atoms with Crippen molar-refractivity contribution in [2.24, 2.45) is 0 Å². The molecule has 0 fully saturated rings. The van der Waals surface area contributed by atoms with Gasteiger partial charge in [0.15, 0.2) is 0 Å². The van der Waals surface area contributed by atoms with E-state index in [1.54, 1.807) is 18.2 Å². The van der Waals surface area contributed by atoms with Crippen molar-refractivity contribution in [2.75, 3.05) is 35.0 Å². The molecule has 6 rings (SSSR count). The van der Waals surface area contributed by atoms with Crippen LogP contribution >= 0.6 is 34.8 Å². The fourth-order valence-electron chi connectivity index (χ4n) is 7.85. The summed E-state index contributed by atoms with van der Waals surface area (Å²) < 4.78 is 50.4. The zero-order valence-corrected chi connectivity index (χ0v) is 46.6. The van der Waals surface area contributed by atoms with Gasteiger partial charge in [0.05, 0.1) is 59.0 Å². The minimum atomic E-state index is -3.58. The van der Waals surface area contributed by atoms with Gasteiger partial charge in [-0.25, -0.2) is 16.8 Å². The second kappa shape index (κ2) is 28.4. The predicted molar refractivity (Wildman–Crippen MR) is 302 cm³/mol.